The molecule has 0 saturated heterocycles. The van der Waals surface area contributed by atoms with Crippen molar-refractivity contribution < 1.29 is 0 Å². The summed E-state index contributed by atoms with van der Waals surface area (Å²) in [4.78, 5) is 2.28. The minimum atomic E-state index is 0.948. The van der Waals surface area contributed by atoms with Gasteiger partial charge in [-0.1, -0.05) is 24.3 Å². The first-order valence-corrected chi connectivity index (χ1v) is 6.24. The summed E-state index contributed by atoms with van der Waals surface area (Å²) >= 11 is 0. The van der Waals surface area contributed by atoms with E-state index in [0.29, 0.717) is 0 Å². The lowest BCUT2D eigenvalue weighted by Crippen LogP contribution is -2.16. The molecule has 0 heterocycles. The Balaban J connectivity index is 2.66. The summed E-state index contributed by atoms with van der Waals surface area (Å²) < 4.78 is 0. The van der Waals surface area contributed by atoms with Crippen LogP contribution in [-0.2, 0) is 0 Å². The van der Waals surface area contributed by atoms with Crippen LogP contribution in [0.2, 0.25) is 0 Å². The normalized spacial score (nSPS) is 10.5. The summed E-state index contributed by atoms with van der Waals surface area (Å²) in [6.45, 7) is 6.27. The lowest BCUT2D eigenvalue weighted by molar-refractivity contribution is 0.974. The molecule has 2 rings (SSSR count). The van der Waals surface area contributed by atoms with E-state index in [2.05, 4.69) is 67.5 Å². The molecule has 2 nitrogen and oxygen atoms in total. The van der Waals surface area contributed by atoms with E-state index in [9.17, 15) is 0 Å². The van der Waals surface area contributed by atoms with Crippen LogP contribution in [0.25, 0.3) is 10.8 Å². The Bertz CT molecular complexity index is 500. The van der Waals surface area contributed by atoms with E-state index in [1.807, 2.05) is 0 Å². The van der Waals surface area contributed by atoms with Gasteiger partial charge in [0.15, 0.2) is 0 Å². The van der Waals surface area contributed by atoms with Gasteiger partial charge in [-0.05, 0) is 31.4 Å². The van der Waals surface area contributed by atoms with Crippen molar-refractivity contribution in [3.63, 3.8) is 0 Å². The molecule has 0 radical (unpaired) electrons. The summed E-state index contributed by atoms with van der Waals surface area (Å²) in [5.74, 6) is 0. The number of anilines is 2. The van der Waals surface area contributed by atoms with E-state index >= 15 is 0 Å². The fraction of sp³-hybridized carbons (Fsp3) is 0.333. The zero-order chi connectivity index (χ0) is 12.3. The average Bonchev–Trinajstić information content (AvgIpc) is 2.38. The highest BCUT2D eigenvalue weighted by atomic mass is 15.1. The number of fused-ring (bicyclic) bond motifs is 1. The molecule has 2 heteroatoms. The van der Waals surface area contributed by atoms with Gasteiger partial charge in [0.1, 0.15) is 0 Å². The number of nitrogens with one attached hydrogen (secondary N) is 1. The van der Waals surface area contributed by atoms with E-state index in [-0.39, 0.29) is 0 Å². The summed E-state index contributed by atoms with van der Waals surface area (Å²) in [5.41, 5.74) is 2.52. The van der Waals surface area contributed by atoms with Crippen LogP contribution in [0.5, 0.6) is 0 Å². The molecule has 90 valence electrons. The smallest absolute Gasteiger partial charge is 0.0464 e. The third-order valence-corrected chi connectivity index (χ3v) is 3.14. The maximum absolute atomic E-state index is 3.44. The molecule has 0 fully saturated rings. The van der Waals surface area contributed by atoms with E-state index in [1.54, 1.807) is 0 Å². The fourth-order valence-corrected chi connectivity index (χ4v) is 2.15. The number of benzene rings is 2. The van der Waals surface area contributed by atoms with Crippen molar-refractivity contribution in [2.45, 2.75) is 13.8 Å². The monoisotopic (exact) mass is 228 g/mol. The van der Waals surface area contributed by atoms with E-state index < -0.39 is 0 Å². The zero-order valence-corrected chi connectivity index (χ0v) is 10.8. The number of hydrogen-bond donors (Lipinski definition) is 1. The second-order valence-corrected chi connectivity index (χ2v) is 4.23. The zero-order valence-electron chi connectivity index (χ0n) is 10.8. The highest BCUT2D eigenvalue weighted by molar-refractivity contribution is 6.03. The number of rotatable bonds is 4. The van der Waals surface area contributed by atoms with Crippen LogP contribution >= 0.6 is 0 Å². The van der Waals surface area contributed by atoms with Gasteiger partial charge < -0.3 is 10.2 Å². The molecule has 2 aromatic carbocycles. The van der Waals surface area contributed by atoms with Crippen molar-refractivity contribution in [2.24, 2.45) is 0 Å². The quantitative estimate of drug-likeness (QED) is 0.857. The van der Waals surface area contributed by atoms with Gasteiger partial charge in [0.2, 0.25) is 0 Å². The molecule has 0 amide bonds. The van der Waals surface area contributed by atoms with Gasteiger partial charge in [-0.15, -0.1) is 0 Å². The second kappa shape index (κ2) is 5.09. The molecule has 2 aromatic rings. The van der Waals surface area contributed by atoms with E-state index in [4.69, 9.17) is 0 Å². The maximum Gasteiger partial charge on any atom is 0.0464 e. The van der Waals surface area contributed by atoms with Crippen molar-refractivity contribution in [3.8, 4) is 0 Å². The minimum Gasteiger partial charge on any atom is -0.385 e. The molecule has 0 atom stereocenters. The molecule has 0 aromatic heterocycles. The largest absolute Gasteiger partial charge is 0.385 e. The second-order valence-electron chi connectivity index (χ2n) is 4.23. The fourth-order valence-electron chi connectivity index (χ4n) is 2.15. The third kappa shape index (κ3) is 2.21. The van der Waals surface area contributed by atoms with E-state index in [0.717, 1.165) is 13.1 Å². The first-order chi connectivity index (χ1) is 8.27. The molecule has 0 aliphatic heterocycles. The van der Waals surface area contributed by atoms with Gasteiger partial charge in [-0.2, -0.15) is 0 Å². The topological polar surface area (TPSA) is 15.3 Å². The van der Waals surface area contributed by atoms with Crippen molar-refractivity contribution in [1.29, 1.82) is 0 Å². The Labute approximate surface area is 103 Å². The first kappa shape index (κ1) is 11.8. The molecular formula is C15H20N2. The molecule has 0 aliphatic rings. The predicted octanol–water partition coefficient (Wildman–Crippen LogP) is 3.73. The Morgan fingerprint density at radius 2 is 1.76 bits per heavy atom. The third-order valence-electron chi connectivity index (χ3n) is 3.14. The van der Waals surface area contributed by atoms with Crippen molar-refractivity contribution in [2.75, 3.05) is 30.4 Å². The Morgan fingerprint density at radius 3 is 2.41 bits per heavy atom. The molecule has 0 spiro atoms. The van der Waals surface area contributed by atoms with Crippen LogP contribution in [0, 0.1) is 0 Å². The lowest BCUT2D eigenvalue weighted by Gasteiger charge is -2.21. The van der Waals surface area contributed by atoms with Crippen molar-refractivity contribution >= 4 is 22.1 Å². The molecular weight excluding hydrogens is 208 g/mol. The van der Waals surface area contributed by atoms with Gasteiger partial charge in [-0.25, -0.2) is 0 Å². The summed E-state index contributed by atoms with van der Waals surface area (Å²) in [6.07, 6.45) is 0. The molecule has 0 aliphatic carbocycles. The lowest BCUT2D eigenvalue weighted by atomic mass is 10.1. The SMILES string of the molecule is CCNc1cccc2cccc(N(C)CC)c12. The molecule has 0 bridgehead atoms. The predicted molar refractivity (Wildman–Crippen MR) is 77.1 cm³/mol. The summed E-state index contributed by atoms with van der Waals surface area (Å²) in [5, 5.41) is 6.06. The van der Waals surface area contributed by atoms with Gasteiger partial charge in [-0.3, -0.25) is 0 Å². The van der Waals surface area contributed by atoms with Gasteiger partial charge in [0.05, 0.1) is 0 Å². The molecule has 17 heavy (non-hydrogen) atoms. The average molecular weight is 228 g/mol. The van der Waals surface area contributed by atoms with Crippen molar-refractivity contribution in [1.82, 2.24) is 0 Å². The highest BCUT2D eigenvalue weighted by Gasteiger charge is 2.07. The van der Waals surface area contributed by atoms with Crippen LogP contribution in [-0.4, -0.2) is 20.1 Å². The Morgan fingerprint density at radius 1 is 1.06 bits per heavy atom. The minimum absolute atomic E-state index is 0.948. The van der Waals surface area contributed by atoms with Gasteiger partial charge >= 0.3 is 0 Å². The van der Waals surface area contributed by atoms with Crippen LogP contribution in [0.3, 0.4) is 0 Å². The number of nitrogens with zero attached hydrogens (tertiary/aromatic N) is 1. The van der Waals surface area contributed by atoms with Crippen LogP contribution in [0.15, 0.2) is 36.4 Å². The first-order valence-electron chi connectivity index (χ1n) is 6.24. The highest BCUT2D eigenvalue weighted by Crippen LogP contribution is 2.32. The molecule has 0 saturated carbocycles. The Hall–Kier alpha value is -1.70. The number of hydrogen-bond acceptors (Lipinski definition) is 2. The van der Waals surface area contributed by atoms with Crippen LogP contribution in [0.1, 0.15) is 13.8 Å². The van der Waals surface area contributed by atoms with E-state index in [1.165, 1.54) is 22.1 Å². The summed E-state index contributed by atoms with van der Waals surface area (Å²) in [7, 11) is 2.14. The van der Waals surface area contributed by atoms with Gasteiger partial charge in [0, 0.05) is 36.9 Å². The molecule has 0 unspecified atom stereocenters. The molecule has 1 N–H and O–H groups in total. The van der Waals surface area contributed by atoms with Crippen LogP contribution < -0.4 is 10.2 Å². The van der Waals surface area contributed by atoms with Gasteiger partial charge in [0.25, 0.3) is 0 Å². The van der Waals surface area contributed by atoms with Crippen molar-refractivity contribution in [3.05, 3.63) is 36.4 Å². The standard InChI is InChI=1S/C15H20N2/c1-4-16-13-10-6-8-12-9-7-11-14(15(12)13)17(3)5-2/h6-11,16H,4-5H2,1-3H3. The summed E-state index contributed by atoms with van der Waals surface area (Å²) in [6, 6.07) is 12.9. The maximum atomic E-state index is 3.44. The van der Waals surface area contributed by atoms with Crippen LogP contribution in [0.4, 0.5) is 11.4 Å². The Kier molecular flexibility index (Phi) is 3.52.